The zero-order chi connectivity index (χ0) is 13.4. The van der Waals surface area contributed by atoms with Gasteiger partial charge in [-0.2, -0.15) is 0 Å². The largest absolute Gasteiger partial charge is 0.478 e. The molecule has 2 aromatic rings. The lowest BCUT2D eigenvalue weighted by Gasteiger charge is -2.30. The second-order valence-electron chi connectivity index (χ2n) is 4.43. The van der Waals surface area contributed by atoms with Crippen molar-refractivity contribution in [2.45, 2.75) is 13.1 Å². The molecule has 1 N–H and O–H groups in total. The highest BCUT2D eigenvalue weighted by Crippen LogP contribution is 2.28. The fraction of sp³-hybridized carbons (Fsp3) is 0.231. The highest BCUT2D eigenvalue weighted by molar-refractivity contribution is 9.10. The number of imidazole rings is 1. The maximum atomic E-state index is 11.3. The average molecular weight is 322 g/mol. The highest BCUT2D eigenvalue weighted by atomic mass is 79.9. The number of halogens is 1. The lowest BCUT2D eigenvalue weighted by molar-refractivity contribution is 0.0697. The molecule has 0 radical (unpaired) electrons. The van der Waals surface area contributed by atoms with E-state index < -0.39 is 5.97 Å². The third-order valence-electron chi connectivity index (χ3n) is 3.28. The zero-order valence-electron chi connectivity index (χ0n) is 10.1. The Bertz CT molecular complexity index is 639. The summed E-state index contributed by atoms with van der Waals surface area (Å²) in [4.78, 5) is 17.7. The molecule has 0 amide bonds. The Morgan fingerprint density at radius 1 is 1.37 bits per heavy atom. The summed E-state index contributed by atoms with van der Waals surface area (Å²) in [6, 6.07) is 5.22. The van der Waals surface area contributed by atoms with E-state index >= 15 is 0 Å². The van der Waals surface area contributed by atoms with Crippen molar-refractivity contribution in [2.75, 3.05) is 11.4 Å². The van der Waals surface area contributed by atoms with Gasteiger partial charge in [0.2, 0.25) is 0 Å². The van der Waals surface area contributed by atoms with Crippen LogP contribution in [-0.4, -0.2) is 27.2 Å². The number of fused-ring (bicyclic) bond motifs is 1. The minimum atomic E-state index is -0.906. The van der Waals surface area contributed by atoms with Crippen molar-refractivity contribution in [1.29, 1.82) is 0 Å². The molecule has 0 unspecified atom stereocenters. The SMILES string of the molecule is O=C(O)c1ccc(Br)cc1N1CCn2ccnc2C1. The van der Waals surface area contributed by atoms with Gasteiger partial charge in [0.15, 0.2) is 0 Å². The summed E-state index contributed by atoms with van der Waals surface area (Å²) in [7, 11) is 0. The van der Waals surface area contributed by atoms with E-state index in [-0.39, 0.29) is 0 Å². The Labute approximate surface area is 118 Å². The number of rotatable bonds is 2. The smallest absolute Gasteiger partial charge is 0.337 e. The normalized spacial score (nSPS) is 14.3. The number of nitrogens with zero attached hydrogens (tertiary/aromatic N) is 3. The lowest BCUT2D eigenvalue weighted by Crippen LogP contribution is -2.34. The first-order chi connectivity index (χ1) is 9.15. The van der Waals surface area contributed by atoms with Crippen molar-refractivity contribution in [3.8, 4) is 0 Å². The number of hydrogen-bond donors (Lipinski definition) is 1. The number of aromatic carboxylic acids is 1. The number of carbonyl (C=O) groups is 1. The van der Waals surface area contributed by atoms with Crippen LogP contribution in [0.3, 0.4) is 0 Å². The van der Waals surface area contributed by atoms with Crippen LogP contribution in [0.5, 0.6) is 0 Å². The Morgan fingerprint density at radius 3 is 3.00 bits per heavy atom. The summed E-state index contributed by atoms with van der Waals surface area (Å²) < 4.78 is 2.97. The van der Waals surface area contributed by atoms with Crippen LogP contribution in [0, 0.1) is 0 Å². The van der Waals surface area contributed by atoms with Gasteiger partial charge in [0.25, 0.3) is 0 Å². The van der Waals surface area contributed by atoms with Gasteiger partial charge in [-0.25, -0.2) is 9.78 Å². The van der Waals surface area contributed by atoms with Crippen LogP contribution in [0.4, 0.5) is 5.69 Å². The Hall–Kier alpha value is -1.82. The number of carboxylic acid groups (broad SMARTS) is 1. The summed E-state index contributed by atoms with van der Waals surface area (Å²) >= 11 is 3.40. The molecular weight excluding hydrogens is 310 g/mol. The molecule has 0 bridgehead atoms. The van der Waals surface area contributed by atoms with E-state index in [2.05, 4.69) is 30.4 Å². The Morgan fingerprint density at radius 2 is 2.21 bits per heavy atom. The molecule has 98 valence electrons. The highest BCUT2D eigenvalue weighted by Gasteiger charge is 2.21. The van der Waals surface area contributed by atoms with Gasteiger partial charge in [0.05, 0.1) is 17.8 Å². The minimum Gasteiger partial charge on any atom is -0.478 e. The van der Waals surface area contributed by atoms with Crippen molar-refractivity contribution in [1.82, 2.24) is 9.55 Å². The molecule has 1 aliphatic heterocycles. The number of hydrogen-bond acceptors (Lipinski definition) is 3. The molecule has 0 saturated carbocycles. The van der Waals surface area contributed by atoms with Crippen LogP contribution >= 0.6 is 15.9 Å². The van der Waals surface area contributed by atoms with Gasteiger partial charge in [0.1, 0.15) is 5.82 Å². The molecule has 0 saturated heterocycles. The first kappa shape index (κ1) is 12.2. The first-order valence-electron chi connectivity index (χ1n) is 5.93. The van der Waals surface area contributed by atoms with E-state index in [1.165, 1.54) is 0 Å². The quantitative estimate of drug-likeness (QED) is 0.922. The van der Waals surface area contributed by atoms with Crippen LogP contribution in [0.25, 0.3) is 0 Å². The van der Waals surface area contributed by atoms with E-state index in [9.17, 15) is 9.90 Å². The van der Waals surface area contributed by atoms with Gasteiger partial charge in [-0.3, -0.25) is 0 Å². The van der Waals surface area contributed by atoms with Crippen molar-refractivity contribution in [3.63, 3.8) is 0 Å². The number of anilines is 1. The summed E-state index contributed by atoms with van der Waals surface area (Å²) in [6.45, 7) is 2.23. The van der Waals surface area contributed by atoms with Crippen LogP contribution in [0.2, 0.25) is 0 Å². The Kier molecular flexibility index (Phi) is 3.02. The molecule has 1 aromatic heterocycles. The predicted octanol–water partition coefficient (Wildman–Crippen LogP) is 2.36. The lowest BCUT2D eigenvalue weighted by atomic mass is 10.1. The maximum Gasteiger partial charge on any atom is 0.337 e. The van der Waals surface area contributed by atoms with E-state index in [1.807, 2.05) is 12.3 Å². The molecule has 1 aliphatic rings. The van der Waals surface area contributed by atoms with Gasteiger partial charge in [-0.15, -0.1) is 0 Å². The van der Waals surface area contributed by atoms with Gasteiger partial charge in [-0.05, 0) is 18.2 Å². The molecule has 0 atom stereocenters. The van der Waals surface area contributed by atoms with Crippen molar-refractivity contribution in [3.05, 3.63) is 46.5 Å². The van der Waals surface area contributed by atoms with Crippen molar-refractivity contribution < 1.29 is 9.90 Å². The van der Waals surface area contributed by atoms with Crippen LogP contribution < -0.4 is 4.90 Å². The molecule has 19 heavy (non-hydrogen) atoms. The molecule has 1 aromatic carbocycles. The molecule has 0 spiro atoms. The topological polar surface area (TPSA) is 58.4 Å². The van der Waals surface area contributed by atoms with Gasteiger partial charge in [-0.1, -0.05) is 15.9 Å². The van der Waals surface area contributed by atoms with E-state index in [0.717, 1.165) is 29.1 Å². The van der Waals surface area contributed by atoms with Gasteiger partial charge < -0.3 is 14.6 Å². The van der Waals surface area contributed by atoms with E-state index in [4.69, 9.17) is 0 Å². The zero-order valence-corrected chi connectivity index (χ0v) is 11.7. The third kappa shape index (κ3) is 2.23. The Balaban J connectivity index is 1.99. The summed E-state index contributed by atoms with van der Waals surface area (Å²) in [5.74, 6) is 0.0546. The van der Waals surface area contributed by atoms with E-state index in [1.54, 1.807) is 18.3 Å². The average Bonchev–Trinajstić information content (AvgIpc) is 2.85. The van der Waals surface area contributed by atoms with Crippen molar-refractivity contribution in [2.24, 2.45) is 0 Å². The third-order valence-corrected chi connectivity index (χ3v) is 3.77. The van der Waals surface area contributed by atoms with Gasteiger partial charge >= 0.3 is 5.97 Å². The van der Waals surface area contributed by atoms with Crippen LogP contribution in [0.1, 0.15) is 16.2 Å². The molecule has 0 fully saturated rings. The molecule has 3 rings (SSSR count). The minimum absolute atomic E-state index is 0.322. The number of carboxylic acids is 1. The maximum absolute atomic E-state index is 11.3. The van der Waals surface area contributed by atoms with Crippen LogP contribution in [0.15, 0.2) is 35.1 Å². The van der Waals surface area contributed by atoms with E-state index in [0.29, 0.717) is 12.1 Å². The fourth-order valence-electron chi connectivity index (χ4n) is 2.33. The predicted molar refractivity (Wildman–Crippen MR) is 74.4 cm³/mol. The summed E-state index contributed by atoms with van der Waals surface area (Å²) in [5, 5.41) is 9.28. The second kappa shape index (κ2) is 4.70. The summed E-state index contributed by atoms with van der Waals surface area (Å²) in [6.07, 6.45) is 3.73. The fourth-order valence-corrected chi connectivity index (χ4v) is 2.68. The molecule has 6 heteroatoms. The molecular formula is C13H12BrN3O2. The number of benzene rings is 1. The summed E-state index contributed by atoms with van der Waals surface area (Å²) in [5.41, 5.74) is 1.05. The molecule has 5 nitrogen and oxygen atoms in total. The van der Waals surface area contributed by atoms with Gasteiger partial charge in [0, 0.05) is 30.0 Å². The number of aromatic nitrogens is 2. The van der Waals surface area contributed by atoms with Crippen molar-refractivity contribution >= 4 is 27.6 Å². The molecule has 0 aliphatic carbocycles. The molecule has 2 heterocycles. The second-order valence-corrected chi connectivity index (χ2v) is 5.34. The monoisotopic (exact) mass is 321 g/mol. The first-order valence-corrected chi connectivity index (χ1v) is 6.72. The van der Waals surface area contributed by atoms with Crippen LogP contribution in [-0.2, 0) is 13.1 Å². The standard InChI is InChI=1S/C13H12BrN3O2/c14-9-1-2-10(13(18)19)11(7-9)17-6-5-16-4-3-15-12(16)8-17/h1-4,7H,5-6,8H2,(H,18,19).